The summed E-state index contributed by atoms with van der Waals surface area (Å²) in [5.74, 6) is -0.567. The Bertz CT molecular complexity index is 284. The molecule has 17 heavy (non-hydrogen) atoms. The van der Waals surface area contributed by atoms with E-state index in [1.807, 2.05) is 20.8 Å². The minimum absolute atomic E-state index is 0.0283. The van der Waals surface area contributed by atoms with Gasteiger partial charge in [0.25, 0.3) is 0 Å². The highest BCUT2D eigenvalue weighted by molar-refractivity contribution is 5.07. The van der Waals surface area contributed by atoms with Crippen molar-refractivity contribution in [2.45, 2.75) is 56.9 Å². The van der Waals surface area contributed by atoms with Gasteiger partial charge in [-0.3, -0.25) is 0 Å². The van der Waals surface area contributed by atoms with Gasteiger partial charge in [-0.25, -0.2) is 0 Å². The molecule has 5 nitrogen and oxygen atoms in total. The van der Waals surface area contributed by atoms with E-state index in [-0.39, 0.29) is 18.3 Å². The van der Waals surface area contributed by atoms with E-state index in [2.05, 4.69) is 0 Å². The molecule has 2 rings (SSSR count). The normalized spacial score (nSPS) is 43.9. The van der Waals surface area contributed by atoms with Crippen molar-refractivity contribution < 1.29 is 18.9 Å². The summed E-state index contributed by atoms with van der Waals surface area (Å²) in [6.07, 6.45) is 0.573. The molecule has 100 valence electrons. The van der Waals surface area contributed by atoms with Crippen molar-refractivity contribution >= 4 is 0 Å². The van der Waals surface area contributed by atoms with Gasteiger partial charge in [-0.2, -0.15) is 0 Å². The molecular weight excluding hydrogens is 222 g/mol. The largest absolute Gasteiger partial charge is 0.382 e. The first-order chi connectivity index (χ1) is 7.93. The molecule has 0 aromatic carbocycles. The van der Waals surface area contributed by atoms with Crippen molar-refractivity contribution in [3.05, 3.63) is 0 Å². The van der Waals surface area contributed by atoms with Crippen LogP contribution in [0.5, 0.6) is 0 Å². The van der Waals surface area contributed by atoms with Gasteiger partial charge in [0.05, 0.1) is 12.7 Å². The average molecular weight is 245 g/mol. The molecule has 0 radical (unpaired) electrons. The van der Waals surface area contributed by atoms with E-state index in [9.17, 15) is 0 Å². The molecule has 0 saturated carbocycles. The molecule has 4 atom stereocenters. The van der Waals surface area contributed by atoms with Gasteiger partial charge < -0.3 is 24.7 Å². The molecule has 2 aliphatic heterocycles. The van der Waals surface area contributed by atoms with Gasteiger partial charge in [0.15, 0.2) is 5.79 Å². The van der Waals surface area contributed by atoms with Crippen LogP contribution >= 0.6 is 0 Å². The van der Waals surface area contributed by atoms with Gasteiger partial charge in [0, 0.05) is 7.11 Å². The average Bonchev–Trinajstić information content (AvgIpc) is 2.59. The van der Waals surface area contributed by atoms with Crippen molar-refractivity contribution in [2.24, 2.45) is 5.73 Å². The minimum atomic E-state index is -0.567. The van der Waals surface area contributed by atoms with Crippen molar-refractivity contribution in [2.75, 3.05) is 20.3 Å². The van der Waals surface area contributed by atoms with Gasteiger partial charge in [0.1, 0.15) is 17.8 Å². The van der Waals surface area contributed by atoms with E-state index < -0.39 is 11.4 Å². The molecule has 2 fully saturated rings. The Hall–Kier alpha value is -0.200. The number of hydrogen-bond acceptors (Lipinski definition) is 5. The van der Waals surface area contributed by atoms with Gasteiger partial charge in [0.2, 0.25) is 0 Å². The Morgan fingerprint density at radius 3 is 2.59 bits per heavy atom. The third-order valence-electron chi connectivity index (χ3n) is 3.52. The van der Waals surface area contributed by atoms with E-state index in [1.54, 1.807) is 7.11 Å². The summed E-state index contributed by atoms with van der Waals surface area (Å²) in [6.45, 7) is 7.00. The summed E-state index contributed by atoms with van der Waals surface area (Å²) in [7, 11) is 1.66. The molecule has 0 aliphatic carbocycles. The number of ether oxygens (including phenoxy) is 4. The Morgan fingerprint density at radius 2 is 2.00 bits per heavy atom. The summed E-state index contributed by atoms with van der Waals surface area (Å²) in [6, 6.07) is 0. The summed E-state index contributed by atoms with van der Waals surface area (Å²) in [5, 5.41) is 0. The third-order valence-corrected chi connectivity index (χ3v) is 3.52. The molecule has 0 amide bonds. The number of fused-ring (bicyclic) bond motifs is 1. The second-order valence-electron chi connectivity index (χ2n) is 5.42. The van der Waals surface area contributed by atoms with Gasteiger partial charge in [-0.05, 0) is 33.7 Å². The molecule has 1 unspecified atom stereocenters. The van der Waals surface area contributed by atoms with Crippen LogP contribution in [0.2, 0.25) is 0 Å². The maximum atomic E-state index is 6.04. The lowest BCUT2D eigenvalue weighted by atomic mass is 9.91. The first kappa shape index (κ1) is 13.2. The minimum Gasteiger partial charge on any atom is -0.382 e. The van der Waals surface area contributed by atoms with Gasteiger partial charge >= 0.3 is 0 Å². The van der Waals surface area contributed by atoms with Crippen molar-refractivity contribution in [1.82, 2.24) is 0 Å². The van der Waals surface area contributed by atoms with Crippen LogP contribution in [0.4, 0.5) is 0 Å². The molecule has 0 spiro atoms. The van der Waals surface area contributed by atoms with Crippen LogP contribution in [0.3, 0.4) is 0 Å². The lowest BCUT2D eigenvalue weighted by Crippen LogP contribution is -2.44. The van der Waals surface area contributed by atoms with Crippen LogP contribution in [0.25, 0.3) is 0 Å². The Kier molecular flexibility index (Phi) is 3.49. The summed E-state index contributed by atoms with van der Waals surface area (Å²) in [5.41, 5.74) is 5.20. The number of hydrogen-bond donors (Lipinski definition) is 1. The smallest absolute Gasteiger partial charge is 0.164 e. The van der Waals surface area contributed by atoms with Gasteiger partial charge in [-0.1, -0.05) is 0 Å². The highest BCUT2D eigenvalue weighted by Gasteiger charge is 2.62. The zero-order chi connectivity index (χ0) is 12.7. The first-order valence-corrected chi connectivity index (χ1v) is 6.15. The monoisotopic (exact) mass is 245 g/mol. The molecule has 2 aliphatic rings. The fraction of sp³-hybridized carbons (Fsp3) is 1.00. The fourth-order valence-electron chi connectivity index (χ4n) is 2.94. The van der Waals surface area contributed by atoms with Crippen LogP contribution in [0.15, 0.2) is 0 Å². The third kappa shape index (κ3) is 2.22. The molecule has 2 heterocycles. The van der Waals surface area contributed by atoms with Gasteiger partial charge in [-0.15, -0.1) is 0 Å². The summed E-state index contributed by atoms with van der Waals surface area (Å²) < 4.78 is 23.1. The molecule has 0 aromatic heterocycles. The van der Waals surface area contributed by atoms with E-state index in [1.165, 1.54) is 0 Å². The van der Waals surface area contributed by atoms with E-state index in [0.29, 0.717) is 13.2 Å². The van der Waals surface area contributed by atoms with Crippen LogP contribution in [0, 0.1) is 0 Å². The number of rotatable bonds is 4. The molecule has 2 N–H and O–H groups in total. The first-order valence-electron chi connectivity index (χ1n) is 6.15. The predicted molar refractivity (Wildman–Crippen MR) is 62.7 cm³/mol. The molecule has 0 bridgehead atoms. The van der Waals surface area contributed by atoms with Crippen molar-refractivity contribution in [1.29, 1.82) is 0 Å². The maximum absolute atomic E-state index is 6.04. The second kappa shape index (κ2) is 4.48. The molecule has 5 heteroatoms. The maximum Gasteiger partial charge on any atom is 0.164 e. The fourth-order valence-corrected chi connectivity index (χ4v) is 2.94. The van der Waals surface area contributed by atoms with Crippen LogP contribution in [-0.2, 0) is 18.9 Å². The quantitative estimate of drug-likeness (QED) is 0.788. The van der Waals surface area contributed by atoms with E-state index in [0.717, 1.165) is 6.42 Å². The SMILES string of the molecule is COC[C@H]1OC(CCN)[C@]2(C)OC(C)(C)O[C@H]12. The van der Waals surface area contributed by atoms with E-state index in [4.69, 9.17) is 24.7 Å². The Morgan fingerprint density at radius 1 is 1.29 bits per heavy atom. The van der Waals surface area contributed by atoms with Crippen LogP contribution in [-0.4, -0.2) is 50.0 Å². The lowest BCUT2D eigenvalue weighted by Gasteiger charge is -2.29. The van der Waals surface area contributed by atoms with Crippen LogP contribution in [0.1, 0.15) is 27.2 Å². The zero-order valence-corrected chi connectivity index (χ0v) is 11.1. The zero-order valence-electron chi connectivity index (χ0n) is 11.1. The van der Waals surface area contributed by atoms with Crippen molar-refractivity contribution in [3.63, 3.8) is 0 Å². The highest BCUT2D eigenvalue weighted by atomic mass is 16.8. The molecule has 2 saturated heterocycles. The second-order valence-corrected chi connectivity index (χ2v) is 5.42. The Labute approximate surface area is 103 Å². The summed E-state index contributed by atoms with van der Waals surface area (Å²) >= 11 is 0. The number of nitrogens with two attached hydrogens (primary N) is 1. The standard InChI is InChI=1S/C12H23NO4/c1-11(2)16-10-8(7-14-4)15-9(5-6-13)12(10,3)17-11/h8-10H,5-7,13H2,1-4H3/t8-,9?,10-,12+/m1/s1. The Balaban J connectivity index is 2.19. The van der Waals surface area contributed by atoms with Crippen LogP contribution < -0.4 is 5.73 Å². The van der Waals surface area contributed by atoms with E-state index >= 15 is 0 Å². The van der Waals surface area contributed by atoms with Crippen molar-refractivity contribution in [3.8, 4) is 0 Å². The lowest BCUT2D eigenvalue weighted by molar-refractivity contribution is -0.206. The predicted octanol–water partition coefficient (Wildman–Crippen LogP) is 0.659. The molecule has 0 aromatic rings. The topological polar surface area (TPSA) is 62.9 Å². The highest BCUT2D eigenvalue weighted by Crippen LogP contribution is 2.47. The number of methoxy groups -OCH3 is 1. The molecular formula is C12H23NO4. The summed E-state index contributed by atoms with van der Waals surface area (Å²) in [4.78, 5) is 0.